The maximum Gasteiger partial charge on any atom is 0.408 e. The summed E-state index contributed by atoms with van der Waals surface area (Å²) in [5.74, 6) is -1.10. The van der Waals surface area contributed by atoms with Crippen molar-refractivity contribution in [3.8, 4) is 0 Å². The van der Waals surface area contributed by atoms with E-state index in [4.69, 9.17) is 0 Å². The molecule has 5 rings (SSSR count). The second-order valence-corrected chi connectivity index (χ2v) is 12.1. The molecule has 2 heterocycles. The molecule has 2 aliphatic rings. The average Bonchev–Trinajstić information content (AvgIpc) is 3.62. The van der Waals surface area contributed by atoms with Crippen molar-refractivity contribution in [1.29, 1.82) is 0 Å². The van der Waals surface area contributed by atoms with Gasteiger partial charge in [-0.2, -0.15) is 5.10 Å². The van der Waals surface area contributed by atoms with E-state index in [0.717, 1.165) is 35.2 Å². The van der Waals surface area contributed by atoms with Crippen molar-refractivity contribution in [3.63, 3.8) is 0 Å². The Labute approximate surface area is 240 Å². The monoisotopic (exact) mass is 557 g/mol. The molecule has 2 aromatic carbocycles. The Bertz CT molecular complexity index is 1330. The molecule has 1 aromatic heterocycles. The van der Waals surface area contributed by atoms with Crippen LogP contribution in [0, 0.1) is 0 Å². The molecule has 0 spiro atoms. The lowest BCUT2D eigenvalue weighted by Crippen LogP contribution is -2.61. The van der Waals surface area contributed by atoms with Crippen molar-refractivity contribution in [3.05, 3.63) is 89.2 Å². The fourth-order valence-electron chi connectivity index (χ4n) is 6.41. The molecule has 0 radical (unpaired) electrons. The number of aromatic nitrogens is 2. The molecule has 3 N–H and O–H groups in total. The SMILES string of the molecule is CC(C)(C)N(C(=O)O)[C@@H](C(=O)N1CCC[C@H]1C(=O)NC1CCc2n[nH]cc2C1)C(c1ccccc1)c1ccccc1. The van der Waals surface area contributed by atoms with Crippen LogP contribution in [0.25, 0.3) is 0 Å². The van der Waals surface area contributed by atoms with Gasteiger partial charge in [-0.15, -0.1) is 0 Å². The van der Waals surface area contributed by atoms with Gasteiger partial charge in [0.2, 0.25) is 11.8 Å². The number of hydrogen-bond donors (Lipinski definition) is 3. The Morgan fingerprint density at radius 1 is 1.02 bits per heavy atom. The molecule has 0 bridgehead atoms. The van der Waals surface area contributed by atoms with Gasteiger partial charge in [-0.05, 0) is 69.6 Å². The van der Waals surface area contributed by atoms with Gasteiger partial charge in [0.15, 0.2) is 0 Å². The molecule has 9 nitrogen and oxygen atoms in total. The highest BCUT2D eigenvalue weighted by molar-refractivity contribution is 5.93. The Hall–Kier alpha value is -4.14. The Morgan fingerprint density at radius 3 is 2.24 bits per heavy atom. The third-order valence-corrected chi connectivity index (χ3v) is 8.28. The van der Waals surface area contributed by atoms with Gasteiger partial charge in [-0.3, -0.25) is 19.6 Å². The maximum atomic E-state index is 14.7. The standard InChI is InChI=1S/C32H39N5O4/c1-32(2,3)37(31(40)41)28(27(21-11-6-4-7-12-21)22-13-8-5-9-14-22)30(39)36-18-10-15-26(36)29(38)34-24-16-17-25-23(19-24)20-33-35-25/h4-9,11-14,20,24,26-28H,10,15-19H2,1-3H3,(H,33,35)(H,34,38)(H,40,41)/t24?,26-,28+/m0/s1. The molecule has 1 aliphatic heterocycles. The molecular formula is C32H39N5O4. The first-order valence-corrected chi connectivity index (χ1v) is 14.4. The first-order valence-electron chi connectivity index (χ1n) is 14.4. The zero-order valence-electron chi connectivity index (χ0n) is 23.9. The Balaban J connectivity index is 1.49. The lowest BCUT2D eigenvalue weighted by molar-refractivity contribution is -0.144. The molecule has 3 aromatic rings. The van der Waals surface area contributed by atoms with Crippen molar-refractivity contribution >= 4 is 17.9 Å². The van der Waals surface area contributed by atoms with Crippen LogP contribution >= 0.6 is 0 Å². The van der Waals surface area contributed by atoms with Crippen molar-refractivity contribution in [2.24, 2.45) is 0 Å². The van der Waals surface area contributed by atoms with E-state index in [9.17, 15) is 19.5 Å². The minimum atomic E-state index is -1.17. The van der Waals surface area contributed by atoms with E-state index < -0.39 is 29.6 Å². The number of hydrogen-bond acceptors (Lipinski definition) is 4. The molecule has 3 amide bonds. The van der Waals surface area contributed by atoms with Crippen LogP contribution in [-0.2, 0) is 22.4 Å². The summed E-state index contributed by atoms with van der Waals surface area (Å²) in [6.07, 6.45) is 4.19. The zero-order chi connectivity index (χ0) is 29.1. The summed E-state index contributed by atoms with van der Waals surface area (Å²) in [5, 5.41) is 20.9. The van der Waals surface area contributed by atoms with Crippen LogP contribution in [0.1, 0.15) is 68.3 Å². The topological polar surface area (TPSA) is 119 Å². The molecule has 0 saturated carbocycles. The summed E-state index contributed by atoms with van der Waals surface area (Å²) in [6, 6.07) is 17.4. The molecule has 1 aliphatic carbocycles. The van der Waals surface area contributed by atoms with Crippen LogP contribution in [0.4, 0.5) is 4.79 Å². The van der Waals surface area contributed by atoms with Crippen LogP contribution in [0.5, 0.6) is 0 Å². The second-order valence-electron chi connectivity index (χ2n) is 12.1. The normalized spacial score (nSPS) is 19.5. The van der Waals surface area contributed by atoms with E-state index >= 15 is 0 Å². The quantitative estimate of drug-likeness (QED) is 0.399. The minimum Gasteiger partial charge on any atom is -0.465 e. The number of carbonyl (C=O) groups is 3. The van der Waals surface area contributed by atoms with E-state index in [2.05, 4.69) is 15.5 Å². The molecule has 3 atom stereocenters. The van der Waals surface area contributed by atoms with E-state index in [1.165, 1.54) is 4.90 Å². The molecule has 9 heteroatoms. The molecule has 216 valence electrons. The summed E-state index contributed by atoms with van der Waals surface area (Å²) < 4.78 is 0. The van der Waals surface area contributed by atoms with Crippen LogP contribution in [0.2, 0.25) is 0 Å². The number of nitrogens with one attached hydrogen (secondary N) is 2. The van der Waals surface area contributed by atoms with E-state index in [1.807, 2.05) is 66.9 Å². The highest BCUT2D eigenvalue weighted by atomic mass is 16.4. The number of carboxylic acid groups (broad SMARTS) is 1. The van der Waals surface area contributed by atoms with Gasteiger partial charge >= 0.3 is 6.09 Å². The lowest BCUT2D eigenvalue weighted by Gasteiger charge is -2.44. The van der Waals surface area contributed by atoms with Crippen LogP contribution < -0.4 is 5.32 Å². The zero-order valence-corrected chi connectivity index (χ0v) is 23.9. The predicted octanol–water partition coefficient (Wildman–Crippen LogP) is 4.35. The number of aryl methyl sites for hydroxylation is 1. The number of rotatable bonds is 7. The van der Waals surface area contributed by atoms with Crippen LogP contribution in [-0.4, -0.2) is 73.2 Å². The number of H-pyrrole nitrogens is 1. The highest BCUT2D eigenvalue weighted by Gasteiger charge is 2.48. The van der Waals surface area contributed by atoms with Gasteiger partial charge in [-0.25, -0.2) is 4.79 Å². The van der Waals surface area contributed by atoms with Crippen molar-refractivity contribution in [1.82, 2.24) is 25.3 Å². The van der Waals surface area contributed by atoms with Crippen molar-refractivity contribution < 1.29 is 19.5 Å². The summed E-state index contributed by atoms with van der Waals surface area (Å²) >= 11 is 0. The number of nitrogens with zero attached hydrogens (tertiary/aromatic N) is 3. The Kier molecular flexibility index (Phi) is 8.15. The third kappa shape index (κ3) is 5.99. The molecule has 1 fully saturated rings. The third-order valence-electron chi connectivity index (χ3n) is 8.28. The second kappa shape index (κ2) is 11.8. The van der Waals surface area contributed by atoms with E-state index in [1.54, 1.807) is 25.7 Å². The number of amides is 3. The van der Waals surface area contributed by atoms with Crippen molar-refractivity contribution in [2.75, 3.05) is 6.54 Å². The maximum absolute atomic E-state index is 14.7. The van der Waals surface area contributed by atoms with Gasteiger partial charge in [-0.1, -0.05) is 60.7 Å². The van der Waals surface area contributed by atoms with Crippen molar-refractivity contribution in [2.45, 2.75) is 82.5 Å². The first kappa shape index (κ1) is 28.4. The summed E-state index contributed by atoms with van der Waals surface area (Å²) in [5.41, 5.74) is 2.95. The largest absolute Gasteiger partial charge is 0.465 e. The van der Waals surface area contributed by atoms with Crippen LogP contribution in [0.15, 0.2) is 66.9 Å². The smallest absolute Gasteiger partial charge is 0.408 e. The van der Waals surface area contributed by atoms with Gasteiger partial charge < -0.3 is 15.3 Å². The molecular weight excluding hydrogens is 518 g/mol. The van der Waals surface area contributed by atoms with Gasteiger partial charge in [0.1, 0.15) is 12.1 Å². The minimum absolute atomic E-state index is 0.0348. The number of carbonyl (C=O) groups excluding carboxylic acids is 2. The lowest BCUT2D eigenvalue weighted by atomic mass is 9.82. The first-order chi connectivity index (χ1) is 19.6. The van der Waals surface area contributed by atoms with Gasteiger partial charge in [0.25, 0.3) is 0 Å². The predicted molar refractivity (Wildman–Crippen MR) is 155 cm³/mol. The summed E-state index contributed by atoms with van der Waals surface area (Å²) in [7, 11) is 0. The number of benzene rings is 2. The highest BCUT2D eigenvalue weighted by Crippen LogP contribution is 2.37. The molecule has 41 heavy (non-hydrogen) atoms. The molecule has 1 unspecified atom stereocenters. The Morgan fingerprint density at radius 2 is 1.66 bits per heavy atom. The summed E-state index contributed by atoms with van der Waals surface area (Å²) in [6.45, 7) is 5.80. The number of likely N-dealkylation sites (tertiary alicyclic amines) is 1. The number of fused-ring (bicyclic) bond motifs is 1. The fraction of sp³-hybridized carbons (Fsp3) is 0.438. The van der Waals surface area contributed by atoms with Gasteiger partial charge in [0.05, 0.1) is 5.69 Å². The van der Waals surface area contributed by atoms with E-state index in [0.29, 0.717) is 25.8 Å². The number of aromatic amines is 1. The summed E-state index contributed by atoms with van der Waals surface area (Å²) in [4.78, 5) is 44.1. The van der Waals surface area contributed by atoms with Crippen LogP contribution in [0.3, 0.4) is 0 Å². The molecule has 1 saturated heterocycles. The van der Waals surface area contributed by atoms with Gasteiger partial charge in [0, 0.05) is 30.2 Å². The fourth-order valence-corrected chi connectivity index (χ4v) is 6.41. The average molecular weight is 558 g/mol. The van der Waals surface area contributed by atoms with E-state index in [-0.39, 0.29) is 17.9 Å².